The Kier molecular flexibility index (Phi) is 6.67. The lowest BCUT2D eigenvalue weighted by atomic mass is 9.96. The Labute approximate surface area is 182 Å². The van der Waals surface area contributed by atoms with Gasteiger partial charge in [-0.1, -0.05) is 55.0 Å². The van der Waals surface area contributed by atoms with Crippen molar-refractivity contribution in [3.05, 3.63) is 71.4 Å². The number of rotatable bonds is 8. The van der Waals surface area contributed by atoms with E-state index in [2.05, 4.69) is 11.1 Å². The zero-order valence-electron chi connectivity index (χ0n) is 17.7. The molecule has 0 radical (unpaired) electrons. The second-order valence-corrected chi connectivity index (χ2v) is 8.06. The Bertz CT molecular complexity index is 1040. The molecule has 0 spiro atoms. The molecular weight excluding hydrogens is 390 g/mol. The number of H-pyrrole nitrogens is 1. The molecule has 4 rings (SSSR count). The third-order valence-corrected chi connectivity index (χ3v) is 5.92. The molecule has 1 aliphatic rings. The number of carbonyl (C=O) groups is 2. The predicted molar refractivity (Wildman–Crippen MR) is 120 cm³/mol. The van der Waals surface area contributed by atoms with E-state index in [0.717, 1.165) is 47.0 Å². The van der Waals surface area contributed by atoms with E-state index in [1.54, 1.807) is 4.90 Å². The second kappa shape index (κ2) is 9.79. The number of esters is 1. The van der Waals surface area contributed by atoms with Crippen molar-refractivity contribution < 1.29 is 14.3 Å². The lowest BCUT2D eigenvalue weighted by Gasteiger charge is -2.34. The lowest BCUT2D eigenvalue weighted by molar-refractivity contribution is -0.157. The number of nitrogens with one attached hydrogen (secondary N) is 1. The number of ether oxygens (including phenoxy) is 1. The first-order valence-electron chi connectivity index (χ1n) is 11.0. The minimum Gasteiger partial charge on any atom is -0.459 e. The van der Waals surface area contributed by atoms with E-state index in [1.165, 1.54) is 0 Å². The van der Waals surface area contributed by atoms with Crippen LogP contribution in [0.2, 0.25) is 0 Å². The van der Waals surface area contributed by atoms with Crippen molar-refractivity contribution in [2.24, 2.45) is 5.73 Å². The first-order chi connectivity index (χ1) is 15.2. The van der Waals surface area contributed by atoms with Crippen molar-refractivity contribution in [3.63, 3.8) is 0 Å². The van der Waals surface area contributed by atoms with E-state index in [1.807, 2.05) is 48.5 Å². The first kappa shape index (κ1) is 21.1. The predicted octanol–water partition coefficient (Wildman–Crippen LogP) is 3.68. The molecule has 0 saturated heterocycles. The maximum absolute atomic E-state index is 13.1. The smallest absolute Gasteiger partial charge is 0.329 e. The Hall–Kier alpha value is -3.12. The summed E-state index contributed by atoms with van der Waals surface area (Å²) in [5.41, 5.74) is 9.62. The van der Waals surface area contributed by atoms with Crippen LogP contribution in [-0.4, -0.2) is 34.3 Å². The highest BCUT2D eigenvalue weighted by atomic mass is 16.5. The van der Waals surface area contributed by atoms with Crippen LogP contribution in [0.15, 0.2) is 54.6 Å². The first-order valence-corrected chi connectivity index (χ1v) is 11.0. The Morgan fingerprint density at radius 3 is 2.61 bits per heavy atom. The number of amides is 1. The molecule has 0 saturated carbocycles. The summed E-state index contributed by atoms with van der Waals surface area (Å²) in [5.74, 6) is -0.363. The fraction of sp³-hybridized carbons (Fsp3) is 0.360. The normalized spacial score (nSPS) is 15.6. The zero-order valence-corrected chi connectivity index (χ0v) is 17.7. The maximum Gasteiger partial charge on any atom is 0.329 e. The van der Waals surface area contributed by atoms with Crippen LogP contribution < -0.4 is 5.73 Å². The fourth-order valence-corrected chi connectivity index (χ4v) is 4.25. The molecule has 0 bridgehead atoms. The van der Waals surface area contributed by atoms with Gasteiger partial charge in [0, 0.05) is 29.4 Å². The summed E-state index contributed by atoms with van der Waals surface area (Å²) in [7, 11) is 0. The fourth-order valence-electron chi connectivity index (χ4n) is 4.25. The van der Waals surface area contributed by atoms with Crippen molar-refractivity contribution in [1.82, 2.24) is 9.88 Å². The topological polar surface area (TPSA) is 88.4 Å². The number of nitrogens with zero attached hydrogens (tertiary/aromatic N) is 1. The van der Waals surface area contributed by atoms with Gasteiger partial charge in [-0.25, -0.2) is 4.79 Å². The number of carbonyl (C=O) groups excluding carboxylic acids is 2. The highest BCUT2D eigenvalue weighted by Crippen LogP contribution is 2.31. The number of benzene rings is 2. The quantitative estimate of drug-likeness (QED) is 0.431. The van der Waals surface area contributed by atoms with Crippen LogP contribution in [-0.2, 0) is 33.9 Å². The van der Waals surface area contributed by atoms with Gasteiger partial charge in [0.1, 0.15) is 12.6 Å². The number of aromatic amines is 1. The van der Waals surface area contributed by atoms with Gasteiger partial charge in [0.25, 0.3) is 0 Å². The summed E-state index contributed by atoms with van der Waals surface area (Å²) in [6.45, 7) is 1.23. The van der Waals surface area contributed by atoms with Gasteiger partial charge in [-0.2, -0.15) is 0 Å². The number of aromatic nitrogens is 1. The summed E-state index contributed by atoms with van der Waals surface area (Å²) in [4.78, 5) is 31.3. The van der Waals surface area contributed by atoms with Crippen LogP contribution in [0.25, 0.3) is 10.9 Å². The third-order valence-electron chi connectivity index (χ3n) is 5.92. The van der Waals surface area contributed by atoms with Crippen molar-refractivity contribution in [2.75, 3.05) is 6.54 Å². The molecule has 162 valence electrons. The number of fused-ring (bicyclic) bond motifs is 3. The minimum atomic E-state index is -0.613. The number of hydrogen-bond acceptors (Lipinski definition) is 4. The summed E-state index contributed by atoms with van der Waals surface area (Å²) in [5, 5.41) is 1.11. The van der Waals surface area contributed by atoms with Crippen LogP contribution in [0, 0.1) is 0 Å². The van der Waals surface area contributed by atoms with Crippen LogP contribution in [0.1, 0.15) is 42.5 Å². The van der Waals surface area contributed by atoms with E-state index in [-0.39, 0.29) is 18.5 Å². The van der Waals surface area contributed by atoms with Crippen molar-refractivity contribution >= 4 is 22.8 Å². The summed E-state index contributed by atoms with van der Waals surface area (Å²) in [6.07, 6.45) is 3.47. The summed E-state index contributed by atoms with van der Waals surface area (Å²) < 4.78 is 5.64. The van der Waals surface area contributed by atoms with Gasteiger partial charge in [-0.05, 0) is 36.6 Å². The lowest BCUT2D eigenvalue weighted by Crippen LogP contribution is -2.49. The maximum atomic E-state index is 13.1. The van der Waals surface area contributed by atoms with Gasteiger partial charge >= 0.3 is 5.97 Å². The molecule has 2 heterocycles. The molecule has 0 fully saturated rings. The molecule has 6 heteroatoms. The number of nitrogens with two attached hydrogens (primary N) is 1. The van der Waals surface area contributed by atoms with Crippen LogP contribution in [0.5, 0.6) is 0 Å². The number of hydrogen-bond donors (Lipinski definition) is 2. The van der Waals surface area contributed by atoms with E-state index in [4.69, 9.17) is 10.5 Å². The molecule has 1 atom stereocenters. The van der Waals surface area contributed by atoms with Crippen LogP contribution in [0.4, 0.5) is 0 Å². The average molecular weight is 420 g/mol. The standard InChI is InChI=1S/C25H29N3O3/c26-14-8-2-5-13-24(29)28-16-22-20(19-11-6-7-12-21(19)27-22)15-23(28)25(30)31-17-18-9-3-1-4-10-18/h1,3-4,6-7,9-12,23,27H,2,5,8,13-17,26H2/t23-/m0/s1. The molecule has 31 heavy (non-hydrogen) atoms. The number of para-hydroxylation sites is 1. The van der Waals surface area contributed by atoms with E-state index in [0.29, 0.717) is 25.9 Å². The minimum absolute atomic E-state index is 0.0111. The molecule has 3 aromatic rings. The van der Waals surface area contributed by atoms with Crippen LogP contribution in [0.3, 0.4) is 0 Å². The average Bonchev–Trinajstić information content (AvgIpc) is 3.17. The summed E-state index contributed by atoms with van der Waals surface area (Å²) in [6, 6.07) is 17.0. The van der Waals surface area contributed by atoms with Crippen LogP contribution >= 0.6 is 0 Å². The molecule has 3 N–H and O–H groups in total. The molecular formula is C25H29N3O3. The highest BCUT2D eigenvalue weighted by molar-refractivity contribution is 5.89. The Balaban J connectivity index is 1.54. The molecule has 6 nitrogen and oxygen atoms in total. The SMILES string of the molecule is NCCCCCC(=O)N1Cc2[nH]c3ccccc3c2C[C@H]1C(=O)OCc1ccccc1. The summed E-state index contributed by atoms with van der Waals surface area (Å²) >= 11 is 0. The number of unbranched alkanes of at least 4 members (excludes halogenated alkanes) is 2. The molecule has 0 unspecified atom stereocenters. The molecule has 1 amide bonds. The van der Waals surface area contributed by atoms with Gasteiger partial charge < -0.3 is 20.4 Å². The van der Waals surface area contributed by atoms with Gasteiger partial charge in [-0.15, -0.1) is 0 Å². The highest BCUT2D eigenvalue weighted by Gasteiger charge is 2.37. The van der Waals surface area contributed by atoms with Crippen molar-refractivity contribution in [2.45, 2.75) is 51.3 Å². The molecule has 2 aromatic carbocycles. The van der Waals surface area contributed by atoms with E-state index in [9.17, 15) is 9.59 Å². The zero-order chi connectivity index (χ0) is 21.6. The van der Waals surface area contributed by atoms with E-state index >= 15 is 0 Å². The molecule has 0 aliphatic carbocycles. The molecule has 1 aromatic heterocycles. The van der Waals surface area contributed by atoms with Crippen molar-refractivity contribution in [1.29, 1.82) is 0 Å². The van der Waals surface area contributed by atoms with Gasteiger partial charge in [-0.3, -0.25) is 4.79 Å². The Morgan fingerprint density at radius 2 is 1.81 bits per heavy atom. The van der Waals surface area contributed by atoms with E-state index < -0.39 is 6.04 Å². The monoisotopic (exact) mass is 419 g/mol. The third kappa shape index (κ3) is 4.80. The Morgan fingerprint density at radius 1 is 1.03 bits per heavy atom. The van der Waals surface area contributed by atoms with Gasteiger partial charge in [0.05, 0.1) is 6.54 Å². The van der Waals surface area contributed by atoms with Gasteiger partial charge in [0.15, 0.2) is 0 Å². The molecule has 1 aliphatic heterocycles. The van der Waals surface area contributed by atoms with Crippen molar-refractivity contribution in [3.8, 4) is 0 Å². The second-order valence-electron chi connectivity index (χ2n) is 8.06. The largest absolute Gasteiger partial charge is 0.459 e. The van der Waals surface area contributed by atoms with Gasteiger partial charge in [0.2, 0.25) is 5.91 Å².